The van der Waals surface area contributed by atoms with Crippen molar-refractivity contribution in [3.8, 4) is 0 Å². The first kappa shape index (κ1) is 7.92. The Labute approximate surface area is 50.5 Å². The fourth-order valence-electron chi connectivity index (χ4n) is 0.354. The second-order valence-electron chi connectivity index (χ2n) is 1.96. The summed E-state index contributed by atoms with van der Waals surface area (Å²) < 4.78 is 4.83. The highest BCUT2D eigenvalue weighted by atomic mass is 16.5. The maximum atomic E-state index is 7.57. The molecule has 1 heterocycles. The van der Waals surface area contributed by atoms with Crippen LogP contribution in [0.4, 0.5) is 0 Å². The van der Waals surface area contributed by atoms with E-state index in [9.17, 15) is 0 Å². The van der Waals surface area contributed by atoms with Gasteiger partial charge in [-0.15, -0.1) is 0 Å². The smallest absolute Gasteiger partial charge is 0.0513 e. The number of ether oxygens (including phenoxy) is 1. The summed E-state index contributed by atoms with van der Waals surface area (Å²) in [5.41, 5.74) is 0. The lowest BCUT2D eigenvalue weighted by molar-refractivity contribution is -0.0221. The minimum Gasteiger partial charge on any atom is -0.397 e. The molecule has 0 bridgehead atoms. The predicted octanol–water partition coefficient (Wildman–Crippen LogP) is 0.651. The third kappa shape index (κ3) is 4.09. The zero-order valence-electron chi connectivity index (χ0n) is 5.55. The Morgan fingerprint density at radius 3 is 1.88 bits per heavy atom. The van der Waals surface area contributed by atoms with Crippen LogP contribution in [0.2, 0.25) is 0 Å². The van der Waals surface area contributed by atoms with E-state index in [1.165, 1.54) is 0 Å². The Morgan fingerprint density at radius 1 is 1.62 bits per heavy atom. The first-order valence-corrected chi connectivity index (χ1v) is 2.99. The maximum absolute atomic E-state index is 7.57. The molecule has 0 spiro atoms. The topological polar surface area (TPSA) is 29.5 Å². The molecule has 0 saturated carbocycles. The molecule has 1 fully saturated rings. The lowest BCUT2D eigenvalue weighted by Gasteiger charge is -2.20. The first-order chi connectivity index (χ1) is 3.81. The first-order valence-electron chi connectivity index (χ1n) is 2.99. The molecule has 0 unspecified atom stereocenters. The third-order valence-electron chi connectivity index (χ3n) is 0.805. The van der Waals surface area contributed by atoms with Gasteiger partial charge in [-0.25, -0.2) is 0 Å². The molecule has 2 nitrogen and oxygen atoms in total. The highest BCUT2D eigenvalue weighted by Crippen LogP contribution is 2.05. The van der Waals surface area contributed by atoms with Gasteiger partial charge in [0.15, 0.2) is 0 Å². The summed E-state index contributed by atoms with van der Waals surface area (Å²) in [5, 5.41) is 7.57. The van der Waals surface area contributed by atoms with E-state index in [4.69, 9.17) is 9.84 Å². The Hall–Kier alpha value is -0.0800. The van der Waals surface area contributed by atoms with Crippen molar-refractivity contribution in [2.45, 2.75) is 13.8 Å². The standard InChI is InChI=1S/C4H8O.C2H6O/c1-4-2-5-3-4;1-2-3/h4H,2-3H2,1H3;3H,2H2,1H3. The highest BCUT2D eigenvalue weighted by molar-refractivity contribution is 4.56. The van der Waals surface area contributed by atoms with Gasteiger partial charge in [0.25, 0.3) is 0 Å². The summed E-state index contributed by atoms with van der Waals surface area (Å²) in [4.78, 5) is 0. The Kier molecular flexibility index (Phi) is 5.01. The van der Waals surface area contributed by atoms with Crippen molar-refractivity contribution in [3.63, 3.8) is 0 Å². The molecule has 0 radical (unpaired) electrons. The Morgan fingerprint density at radius 2 is 1.88 bits per heavy atom. The summed E-state index contributed by atoms with van der Waals surface area (Å²) >= 11 is 0. The van der Waals surface area contributed by atoms with Gasteiger partial charge in [0.2, 0.25) is 0 Å². The lowest BCUT2D eigenvalue weighted by Crippen LogP contribution is -2.23. The minimum absolute atomic E-state index is 0.250. The van der Waals surface area contributed by atoms with Gasteiger partial charge in [0.05, 0.1) is 13.2 Å². The van der Waals surface area contributed by atoms with Crippen LogP contribution in [0.5, 0.6) is 0 Å². The van der Waals surface area contributed by atoms with Crippen molar-refractivity contribution < 1.29 is 9.84 Å². The predicted molar refractivity (Wildman–Crippen MR) is 32.7 cm³/mol. The summed E-state index contributed by atoms with van der Waals surface area (Å²) in [6, 6.07) is 0. The second kappa shape index (κ2) is 5.06. The lowest BCUT2D eigenvalue weighted by atomic mass is 10.2. The summed E-state index contributed by atoms with van der Waals surface area (Å²) in [5.74, 6) is 0.843. The van der Waals surface area contributed by atoms with Crippen LogP contribution in [0.1, 0.15) is 13.8 Å². The fraction of sp³-hybridized carbons (Fsp3) is 1.00. The highest BCUT2D eigenvalue weighted by Gasteiger charge is 2.09. The molecule has 1 rings (SSSR count). The molecule has 1 aliphatic rings. The van der Waals surface area contributed by atoms with Crippen LogP contribution in [0, 0.1) is 5.92 Å². The van der Waals surface area contributed by atoms with Crippen LogP contribution in [0.15, 0.2) is 0 Å². The van der Waals surface area contributed by atoms with Gasteiger partial charge in [-0.3, -0.25) is 0 Å². The molecule has 0 aliphatic carbocycles. The van der Waals surface area contributed by atoms with Gasteiger partial charge < -0.3 is 9.84 Å². The molecule has 1 aliphatic heterocycles. The molecule has 0 aromatic carbocycles. The van der Waals surface area contributed by atoms with E-state index in [-0.39, 0.29) is 6.61 Å². The van der Waals surface area contributed by atoms with Crippen molar-refractivity contribution in [3.05, 3.63) is 0 Å². The van der Waals surface area contributed by atoms with Crippen molar-refractivity contribution >= 4 is 0 Å². The number of aliphatic hydroxyl groups excluding tert-OH is 1. The van der Waals surface area contributed by atoms with Crippen LogP contribution in [0.25, 0.3) is 0 Å². The maximum Gasteiger partial charge on any atom is 0.0513 e. The van der Waals surface area contributed by atoms with Gasteiger partial charge >= 0.3 is 0 Å². The van der Waals surface area contributed by atoms with E-state index >= 15 is 0 Å². The number of hydrogen-bond acceptors (Lipinski definition) is 2. The summed E-state index contributed by atoms with van der Waals surface area (Å²) in [7, 11) is 0. The molecule has 1 N–H and O–H groups in total. The van der Waals surface area contributed by atoms with Gasteiger partial charge in [0, 0.05) is 12.5 Å². The van der Waals surface area contributed by atoms with Crippen molar-refractivity contribution in [1.82, 2.24) is 0 Å². The third-order valence-corrected chi connectivity index (χ3v) is 0.805. The van der Waals surface area contributed by atoms with E-state index in [0.717, 1.165) is 19.1 Å². The molecular formula is C6H14O2. The molecule has 0 aromatic rings. The van der Waals surface area contributed by atoms with E-state index in [0.29, 0.717) is 0 Å². The molecule has 0 atom stereocenters. The zero-order chi connectivity index (χ0) is 6.41. The molecule has 0 amide bonds. The van der Waals surface area contributed by atoms with Crippen LogP contribution < -0.4 is 0 Å². The number of aliphatic hydroxyl groups is 1. The van der Waals surface area contributed by atoms with Crippen molar-refractivity contribution in [2.75, 3.05) is 19.8 Å². The molecule has 1 saturated heterocycles. The van der Waals surface area contributed by atoms with Gasteiger partial charge in [0.1, 0.15) is 0 Å². The quantitative estimate of drug-likeness (QED) is 0.506. The van der Waals surface area contributed by atoms with Crippen molar-refractivity contribution in [1.29, 1.82) is 0 Å². The van der Waals surface area contributed by atoms with E-state index in [2.05, 4.69) is 6.92 Å². The molecule has 50 valence electrons. The van der Waals surface area contributed by atoms with Crippen LogP contribution in [-0.2, 0) is 4.74 Å². The largest absolute Gasteiger partial charge is 0.397 e. The molecule has 0 aromatic heterocycles. The van der Waals surface area contributed by atoms with Crippen LogP contribution >= 0.6 is 0 Å². The van der Waals surface area contributed by atoms with Gasteiger partial charge in [-0.05, 0) is 6.92 Å². The van der Waals surface area contributed by atoms with E-state index < -0.39 is 0 Å². The van der Waals surface area contributed by atoms with Gasteiger partial charge in [-0.1, -0.05) is 6.92 Å². The molecule has 2 heteroatoms. The minimum atomic E-state index is 0.250. The van der Waals surface area contributed by atoms with Gasteiger partial charge in [-0.2, -0.15) is 0 Å². The van der Waals surface area contributed by atoms with Crippen LogP contribution in [-0.4, -0.2) is 24.9 Å². The molecular weight excluding hydrogens is 104 g/mol. The average Bonchev–Trinajstić information content (AvgIpc) is 1.64. The van der Waals surface area contributed by atoms with E-state index in [1.54, 1.807) is 6.92 Å². The second-order valence-corrected chi connectivity index (χ2v) is 1.96. The number of rotatable bonds is 0. The summed E-state index contributed by atoms with van der Waals surface area (Å²) in [6.07, 6.45) is 0. The van der Waals surface area contributed by atoms with Crippen LogP contribution in [0.3, 0.4) is 0 Å². The monoisotopic (exact) mass is 118 g/mol. The number of hydrogen-bond donors (Lipinski definition) is 1. The Balaban J connectivity index is 0.000000145. The van der Waals surface area contributed by atoms with E-state index in [1.807, 2.05) is 0 Å². The zero-order valence-corrected chi connectivity index (χ0v) is 5.55. The molecule has 8 heavy (non-hydrogen) atoms. The van der Waals surface area contributed by atoms with Crippen molar-refractivity contribution in [2.24, 2.45) is 5.92 Å². The summed E-state index contributed by atoms with van der Waals surface area (Å²) in [6.45, 7) is 6.09. The average molecular weight is 118 g/mol. The SMILES string of the molecule is CC1COC1.CCO. The Bertz CT molecular complexity index is 41.8. The normalized spacial score (nSPS) is 18.4. The fourth-order valence-corrected chi connectivity index (χ4v) is 0.354.